The number of hydrogen-bond donors (Lipinski definition) is 2. The van der Waals surface area contributed by atoms with Gasteiger partial charge in [0.05, 0.1) is 6.07 Å². The second-order valence-corrected chi connectivity index (χ2v) is 5.64. The van der Waals surface area contributed by atoms with Crippen LogP contribution in [0.3, 0.4) is 0 Å². The van der Waals surface area contributed by atoms with Crippen LogP contribution in [0.1, 0.15) is 39.5 Å². The third-order valence-electron chi connectivity index (χ3n) is 3.93. The number of nitriles is 1. The minimum atomic E-state index is -0.448. The van der Waals surface area contributed by atoms with Crippen molar-refractivity contribution >= 4 is 5.91 Å². The average Bonchev–Trinajstić information content (AvgIpc) is 2.43. The van der Waals surface area contributed by atoms with Crippen molar-refractivity contribution < 1.29 is 4.79 Å². The van der Waals surface area contributed by atoms with E-state index in [1.807, 2.05) is 6.92 Å². The molecule has 19 heavy (non-hydrogen) atoms. The van der Waals surface area contributed by atoms with E-state index in [-0.39, 0.29) is 11.8 Å². The van der Waals surface area contributed by atoms with Gasteiger partial charge in [-0.05, 0) is 52.2 Å². The van der Waals surface area contributed by atoms with E-state index in [1.54, 1.807) is 0 Å². The molecule has 1 rings (SSSR count). The predicted octanol–water partition coefficient (Wildman–Crippen LogP) is 0.856. The molecule has 5 heteroatoms. The number of amides is 1. The molecule has 0 saturated carbocycles. The highest BCUT2D eigenvalue weighted by atomic mass is 16.1. The maximum Gasteiger partial charge on any atom is 0.220 e. The summed E-state index contributed by atoms with van der Waals surface area (Å²) >= 11 is 0. The zero-order valence-electron chi connectivity index (χ0n) is 12.1. The number of nitrogens with one attached hydrogen (secondary N) is 1. The Hall–Kier alpha value is -1.12. The number of hydrogen-bond acceptors (Lipinski definition) is 4. The maximum absolute atomic E-state index is 11.1. The monoisotopic (exact) mass is 266 g/mol. The van der Waals surface area contributed by atoms with Crippen LogP contribution in [0, 0.1) is 17.2 Å². The summed E-state index contributed by atoms with van der Waals surface area (Å²) in [6.45, 7) is 7.63. The van der Waals surface area contributed by atoms with E-state index in [0.717, 1.165) is 51.9 Å². The lowest BCUT2D eigenvalue weighted by molar-refractivity contribution is -0.123. The van der Waals surface area contributed by atoms with Crippen LogP contribution in [0.15, 0.2) is 0 Å². The molecule has 1 amide bonds. The maximum atomic E-state index is 11.1. The Balaban J connectivity index is 2.33. The topological polar surface area (TPSA) is 82.2 Å². The summed E-state index contributed by atoms with van der Waals surface area (Å²) in [5.41, 5.74) is 4.87. The molecule has 1 aliphatic rings. The average molecular weight is 266 g/mol. The molecule has 5 nitrogen and oxygen atoms in total. The Labute approximate surface area is 116 Å². The van der Waals surface area contributed by atoms with Gasteiger partial charge in [0.25, 0.3) is 0 Å². The first-order valence-corrected chi connectivity index (χ1v) is 7.18. The molecule has 1 aliphatic heterocycles. The molecule has 1 unspecified atom stereocenters. The largest absolute Gasteiger partial charge is 0.369 e. The van der Waals surface area contributed by atoms with Gasteiger partial charge in [-0.15, -0.1) is 0 Å². The van der Waals surface area contributed by atoms with Crippen LogP contribution in [0.5, 0.6) is 0 Å². The number of nitrogens with two attached hydrogens (primary N) is 1. The molecule has 1 heterocycles. The number of rotatable bonds is 7. The molecule has 0 aromatic rings. The molecule has 0 bridgehead atoms. The van der Waals surface area contributed by atoms with Crippen molar-refractivity contribution in [1.29, 1.82) is 5.26 Å². The first kappa shape index (κ1) is 15.9. The lowest BCUT2D eigenvalue weighted by Gasteiger charge is -2.33. The summed E-state index contributed by atoms with van der Waals surface area (Å²) in [6.07, 6.45) is 3.54. The van der Waals surface area contributed by atoms with Crippen LogP contribution in [-0.2, 0) is 4.79 Å². The Morgan fingerprint density at radius 2 is 2.16 bits per heavy atom. The third-order valence-corrected chi connectivity index (χ3v) is 3.93. The second-order valence-electron chi connectivity index (χ2n) is 5.64. The van der Waals surface area contributed by atoms with Gasteiger partial charge in [-0.3, -0.25) is 10.1 Å². The SMILES string of the molecule is CCCNC(C)(C#N)CCN1CCC(C(N)=O)CC1. The van der Waals surface area contributed by atoms with Crippen molar-refractivity contribution in [3.63, 3.8) is 0 Å². The molecular weight excluding hydrogens is 240 g/mol. The van der Waals surface area contributed by atoms with Gasteiger partial charge in [-0.2, -0.15) is 5.26 Å². The summed E-state index contributed by atoms with van der Waals surface area (Å²) in [7, 11) is 0. The smallest absolute Gasteiger partial charge is 0.220 e. The van der Waals surface area contributed by atoms with Crippen LogP contribution >= 0.6 is 0 Å². The van der Waals surface area contributed by atoms with Crippen LogP contribution in [-0.4, -0.2) is 42.5 Å². The van der Waals surface area contributed by atoms with E-state index < -0.39 is 5.54 Å². The van der Waals surface area contributed by atoms with Crippen molar-refractivity contribution in [3.05, 3.63) is 0 Å². The number of piperidine rings is 1. The van der Waals surface area contributed by atoms with Gasteiger partial charge < -0.3 is 10.6 Å². The lowest BCUT2D eigenvalue weighted by Crippen LogP contribution is -2.46. The van der Waals surface area contributed by atoms with E-state index in [9.17, 15) is 10.1 Å². The summed E-state index contributed by atoms with van der Waals surface area (Å²) in [5, 5.41) is 12.6. The molecule has 0 aromatic carbocycles. The fourth-order valence-electron chi connectivity index (χ4n) is 2.41. The number of likely N-dealkylation sites (tertiary alicyclic amines) is 1. The predicted molar refractivity (Wildman–Crippen MR) is 75.3 cm³/mol. The quantitative estimate of drug-likeness (QED) is 0.716. The number of primary amides is 1. The zero-order valence-corrected chi connectivity index (χ0v) is 12.1. The van der Waals surface area contributed by atoms with Crippen LogP contribution in [0.25, 0.3) is 0 Å². The minimum absolute atomic E-state index is 0.0387. The minimum Gasteiger partial charge on any atom is -0.369 e. The molecule has 3 N–H and O–H groups in total. The Morgan fingerprint density at radius 3 is 2.63 bits per heavy atom. The number of carbonyl (C=O) groups excluding carboxylic acids is 1. The van der Waals surface area contributed by atoms with Crippen LogP contribution in [0.4, 0.5) is 0 Å². The van der Waals surface area contributed by atoms with E-state index in [0.29, 0.717) is 0 Å². The zero-order chi connectivity index (χ0) is 14.3. The molecule has 1 saturated heterocycles. The second kappa shape index (κ2) is 7.46. The summed E-state index contributed by atoms with van der Waals surface area (Å²) in [5.74, 6) is -0.136. The first-order valence-electron chi connectivity index (χ1n) is 7.18. The molecule has 1 atom stereocenters. The van der Waals surface area contributed by atoms with Crippen molar-refractivity contribution in [2.45, 2.75) is 45.1 Å². The molecule has 0 spiro atoms. The third kappa shape index (κ3) is 5.17. The highest BCUT2D eigenvalue weighted by Gasteiger charge is 2.26. The molecule has 0 aliphatic carbocycles. The van der Waals surface area contributed by atoms with E-state index in [4.69, 9.17) is 5.73 Å². The fourth-order valence-corrected chi connectivity index (χ4v) is 2.41. The molecule has 0 radical (unpaired) electrons. The summed E-state index contributed by atoms with van der Waals surface area (Å²) in [4.78, 5) is 13.4. The number of carbonyl (C=O) groups is 1. The van der Waals surface area contributed by atoms with E-state index in [1.165, 1.54) is 0 Å². The van der Waals surface area contributed by atoms with Crippen molar-refractivity contribution in [3.8, 4) is 6.07 Å². The lowest BCUT2D eigenvalue weighted by atomic mass is 9.94. The van der Waals surface area contributed by atoms with Crippen molar-refractivity contribution in [1.82, 2.24) is 10.2 Å². The highest BCUT2D eigenvalue weighted by Crippen LogP contribution is 2.18. The molecule has 108 valence electrons. The first-order chi connectivity index (χ1) is 9.00. The Kier molecular flexibility index (Phi) is 6.26. The Morgan fingerprint density at radius 1 is 1.53 bits per heavy atom. The normalized spacial score (nSPS) is 20.7. The molecular formula is C14H26N4O. The van der Waals surface area contributed by atoms with E-state index in [2.05, 4.69) is 23.2 Å². The van der Waals surface area contributed by atoms with Gasteiger partial charge in [-0.1, -0.05) is 6.92 Å². The van der Waals surface area contributed by atoms with Gasteiger partial charge in [0.2, 0.25) is 5.91 Å². The standard InChI is InChI=1S/C14H26N4O/c1-3-7-17-14(2,11-15)6-10-18-8-4-12(5-9-18)13(16)19/h12,17H,3-10H2,1-2H3,(H2,16,19). The fraction of sp³-hybridized carbons (Fsp3) is 0.857. The van der Waals surface area contributed by atoms with Gasteiger partial charge in [-0.25, -0.2) is 0 Å². The Bertz CT molecular complexity index is 331. The molecule has 1 fully saturated rings. The van der Waals surface area contributed by atoms with Crippen molar-refractivity contribution in [2.24, 2.45) is 11.7 Å². The van der Waals surface area contributed by atoms with Crippen LogP contribution < -0.4 is 11.1 Å². The summed E-state index contributed by atoms with van der Waals surface area (Å²) < 4.78 is 0. The van der Waals surface area contributed by atoms with Crippen LogP contribution in [0.2, 0.25) is 0 Å². The van der Waals surface area contributed by atoms with Gasteiger partial charge in [0, 0.05) is 12.5 Å². The van der Waals surface area contributed by atoms with Crippen molar-refractivity contribution in [2.75, 3.05) is 26.2 Å². The van der Waals surface area contributed by atoms with Gasteiger partial charge >= 0.3 is 0 Å². The van der Waals surface area contributed by atoms with E-state index >= 15 is 0 Å². The summed E-state index contributed by atoms with van der Waals surface area (Å²) in [6, 6.07) is 2.37. The van der Waals surface area contributed by atoms with Gasteiger partial charge in [0.15, 0.2) is 0 Å². The highest BCUT2D eigenvalue weighted by molar-refractivity contribution is 5.76. The van der Waals surface area contributed by atoms with Gasteiger partial charge in [0.1, 0.15) is 5.54 Å². The number of nitrogens with zero attached hydrogens (tertiary/aromatic N) is 2. The molecule has 0 aromatic heterocycles.